The second-order valence-electron chi connectivity index (χ2n) is 5.76. The molecule has 0 saturated carbocycles. The van der Waals surface area contributed by atoms with Gasteiger partial charge >= 0.3 is 0 Å². The molecule has 1 unspecified atom stereocenters. The standard InChI is InChI=1S/C19H25FN2O2.2ClH/c1-15(23)12-21-9-10-22-13-16-5-4-7-18(11-16)24-14-17-6-2-3-8-19(17)20;;/h2-8,11,15,21-23H,9-10,12-14H2,1H3;2*1H. The summed E-state index contributed by atoms with van der Waals surface area (Å²) < 4.78 is 19.3. The van der Waals surface area contributed by atoms with Crippen LogP contribution in [0.4, 0.5) is 4.39 Å². The molecular weight excluding hydrogens is 378 g/mol. The Labute approximate surface area is 167 Å². The Kier molecular flexibility index (Phi) is 13.1. The van der Waals surface area contributed by atoms with Crippen LogP contribution < -0.4 is 15.4 Å². The minimum absolute atomic E-state index is 0. The Morgan fingerprint density at radius 1 is 1.04 bits per heavy atom. The number of nitrogens with one attached hydrogen (secondary N) is 2. The molecule has 7 heteroatoms. The zero-order chi connectivity index (χ0) is 17.2. The topological polar surface area (TPSA) is 53.5 Å². The summed E-state index contributed by atoms with van der Waals surface area (Å²) in [6.07, 6.45) is -0.326. The molecule has 0 saturated heterocycles. The molecule has 4 nitrogen and oxygen atoms in total. The van der Waals surface area contributed by atoms with Crippen LogP contribution >= 0.6 is 24.8 Å². The number of aliphatic hydroxyl groups is 1. The van der Waals surface area contributed by atoms with Gasteiger partial charge in [-0.25, -0.2) is 4.39 Å². The van der Waals surface area contributed by atoms with E-state index in [2.05, 4.69) is 10.6 Å². The van der Waals surface area contributed by atoms with Gasteiger partial charge in [0, 0.05) is 31.7 Å². The zero-order valence-electron chi connectivity index (χ0n) is 14.8. The maximum absolute atomic E-state index is 13.6. The van der Waals surface area contributed by atoms with Gasteiger partial charge in [-0.3, -0.25) is 0 Å². The van der Waals surface area contributed by atoms with Gasteiger partial charge in [-0.1, -0.05) is 30.3 Å². The molecular formula is C19H27Cl2FN2O2. The van der Waals surface area contributed by atoms with Gasteiger partial charge < -0.3 is 20.5 Å². The van der Waals surface area contributed by atoms with Crippen LogP contribution in [0.1, 0.15) is 18.1 Å². The van der Waals surface area contributed by atoms with E-state index < -0.39 is 0 Å². The molecule has 0 heterocycles. The van der Waals surface area contributed by atoms with E-state index in [0.717, 1.165) is 30.9 Å². The third kappa shape index (κ3) is 9.36. The lowest BCUT2D eigenvalue weighted by atomic mass is 10.2. The van der Waals surface area contributed by atoms with Gasteiger partial charge in [-0.15, -0.1) is 24.8 Å². The minimum Gasteiger partial charge on any atom is -0.489 e. The number of aliphatic hydroxyl groups excluding tert-OH is 1. The smallest absolute Gasteiger partial charge is 0.129 e. The van der Waals surface area contributed by atoms with Crippen LogP contribution in [0.3, 0.4) is 0 Å². The highest BCUT2D eigenvalue weighted by atomic mass is 35.5. The van der Waals surface area contributed by atoms with Crippen molar-refractivity contribution in [1.82, 2.24) is 10.6 Å². The SMILES string of the molecule is CC(O)CNCCNCc1cccc(OCc2ccccc2F)c1.Cl.Cl. The van der Waals surface area contributed by atoms with Crippen LogP contribution in [0.5, 0.6) is 5.75 Å². The molecule has 0 amide bonds. The average molecular weight is 405 g/mol. The van der Waals surface area contributed by atoms with Crippen molar-refractivity contribution in [3.63, 3.8) is 0 Å². The van der Waals surface area contributed by atoms with Gasteiger partial charge in [0.05, 0.1) is 6.10 Å². The van der Waals surface area contributed by atoms with Gasteiger partial charge in [0.25, 0.3) is 0 Å². The van der Waals surface area contributed by atoms with Gasteiger partial charge in [-0.2, -0.15) is 0 Å². The third-order valence-electron chi connectivity index (χ3n) is 3.50. The van der Waals surface area contributed by atoms with Crippen molar-refractivity contribution < 1.29 is 14.2 Å². The minimum atomic E-state index is -0.326. The summed E-state index contributed by atoms with van der Waals surface area (Å²) in [7, 11) is 0. The zero-order valence-corrected chi connectivity index (χ0v) is 16.4. The van der Waals surface area contributed by atoms with Crippen molar-refractivity contribution in [3.05, 3.63) is 65.5 Å². The number of hydrogen-bond donors (Lipinski definition) is 3. The predicted molar refractivity (Wildman–Crippen MR) is 108 cm³/mol. The summed E-state index contributed by atoms with van der Waals surface area (Å²) in [6.45, 7) is 4.91. The number of ether oxygens (including phenoxy) is 1. The Balaban J connectivity index is 0.00000312. The molecule has 0 spiro atoms. The van der Waals surface area contributed by atoms with Crippen molar-refractivity contribution in [2.45, 2.75) is 26.2 Å². The van der Waals surface area contributed by atoms with Crippen molar-refractivity contribution in [2.75, 3.05) is 19.6 Å². The van der Waals surface area contributed by atoms with E-state index >= 15 is 0 Å². The highest BCUT2D eigenvalue weighted by Crippen LogP contribution is 2.16. The molecule has 146 valence electrons. The van der Waals surface area contributed by atoms with Crippen molar-refractivity contribution in [1.29, 1.82) is 0 Å². The van der Waals surface area contributed by atoms with Crippen LogP contribution in [-0.4, -0.2) is 30.8 Å². The molecule has 3 N–H and O–H groups in total. The van der Waals surface area contributed by atoms with Gasteiger partial charge in [-0.05, 0) is 30.7 Å². The lowest BCUT2D eigenvalue weighted by Crippen LogP contribution is -2.31. The molecule has 2 aromatic rings. The summed E-state index contributed by atoms with van der Waals surface area (Å²) in [5.74, 6) is 0.477. The van der Waals surface area contributed by atoms with Crippen LogP contribution in [0.15, 0.2) is 48.5 Å². The van der Waals surface area contributed by atoms with E-state index in [1.807, 2.05) is 24.3 Å². The highest BCUT2D eigenvalue weighted by Gasteiger charge is 2.02. The quantitative estimate of drug-likeness (QED) is 0.531. The summed E-state index contributed by atoms with van der Waals surface area (Å²) >= 11 is 0. The maximum atomic E-state index is 13.6. The van der Waals surface area contributed by atoms with Gasteiger partial charge in [0.15, 0.2) is 0 Å². The lowest BCUT2D eigenvalue weighted by Gasteiger charge is -2.10. The van der Waals surface area contributed by atoms with Crippen LogP contribution in [-0.2, 0) is 13.2 Å². The summed E-state index contributed by atoms with van der Waals surface area (Å²) in [5.41, 5.74) is 1.65. The highest BCUT2D eigenvalue weighted by molar-refractivity contribution is 5.85. The first-order valence-electron chi connectivity index (χ1n) is 8.20. The molecule has 2 rings (SSSR count). The van der Waals surface area contributed by atoms with E-state index in [4.69, 9.17) is 9.84 Å². The van der Waals surface area contributed by atoms with E-state index in [-0.39, 0.29) is 43.3 Å². The summed E-state index contributed by atoms with van der Waals surface area (Å²) in [6, 6.07) is 14.4. The third-order valence-corrected chi connectivity index (χ3v) is 3.50. The number of rotatable bonds is 10. The average Bonchev–Trinajstić information content (AvgIpc) is 2.57. The summed E-state index contributed by atoms with van der Waals surface area (Å²) in [5, 5.41) is 15.6. The van der Waals surface area contributed by atoms with Crippen LogP contribution in [0, 0.1) is 5.82 Å². The first kappa shape index (κ1) is 24.6. The lowest BCUT2D eigenvalue weighted by molar-refractivity contribution is 0.191. The molecule has 0 aliphatic carbocycles. The number of benzene rings is 2. The van der Waals surface area contributed by atoms with E-state index in [1.54, 1.807) is 25.1 Å². The Morgan fingerprint density at radius 2 is 1.77 bits per heavy atom. The first-order chi connectivity index (χ1) is 11.6. The normalized spacial score (nSPS) is 11.2. The van der Waals surface area contributed by atoms with Crippen LogP contribution in [0.2, 0.25) is 0 Å². The first-order valence-corrected chi connectivity index (χ1v) is 8.20. The molecule has 0 aromatic heterocycles. The molecule has 0 fully saturated rings. The number of hydrogen-bond acceptors (Lipinski definition) is 4. The molecule has 0 bridgehead atoms. The Hall–Kier alpha value is -1.37. The van der Waals surface area contributed by atoms with Crippen molar-refractivity contribution in [2.24, 2.45) is 0 Å². The fraction of sp³-hybridized carbons (Fsp3) is 0.368. The Morgan fingerprint density at radius 3 is 2.50 bits per heavy atom. The second kappa shape index (κ2) is 13.8. The molecule has 0 radical (unpaired) electrons. The fourth-order valence-electron chi connectivity index (χ4n) is 2.24. The van der Waals surface area contributed by atoms with Gasteiger partial charge in [0.1, 0.15) is 18.2 Å². The fourth-order valence-corrected chi connectivity index (χ4v) is 2.24. The predicted octanol–water partition coefficient (Wildman–Crippen LogP) is 3.31. The molecule has 1 atom stereocenters. The molecule has 26 heavy (non-hydrogen) atoms. The number of halogens is 3. The monoisotopic (exact) mass is 404 g/mol. The summed E-state index contributed by atoms with van der Waals surface area (Å²) in [4.78, 5) is 0. The van der Waals surface area contributed by atoms with Crippen LogP contribution in [0.25, 0.3) is 0 Å². The van der Waals surface area contributed by atoms with E-state index in [9.17, 15) is 4.39 Å². The van der Waals surface area contributed by atoms with Crippen molar-refractivity contribution in [3.8, 4) is 5.75 Å². The van der Waals surface area contributed by atoms with E-state index in [0.29, 0.717) is 12.1 Å². The maximum Gasteiger partial charge on any atom is 0.129 e. The van der Waals surface area contributed by atoms with E-state index in [1.165, 1.54) is 6.07 Å². The molecule has 0 aliphatic rings. The molecule has 0 aliphatic heterocycles. The van der Waals surface area contributed by atoms with Gasteiger partial charge in [0.2, 0.25) is 0 Å². The van der Waals surface area contributed by atoms with Crippen molar-refractivity contribution >= 4 is 24.8 Å². The molecule has 2 aromatic carbocycles. The Bertz CT molecular complexity index is 630. The largest absolute Gasteiger partial charge is 0.489 e. The second-order valence-corrected chi connectivity index (χ2v) is 5.76.